The number of aliphatic imine (C=N–C) groups is 1. The highest BCUT2D eigenvalue weighted by molar-refractivity contribution is 7.09. The minimum absolute atomic E-state index is 0.0519. The predicted octanol–water partition coefficient (Wildman–Crippen LogP) is 3.04. The monoisotopic (exact) mass is 371 g/mol. The summed E-state index contributed by atoms with van der Waals surface area (Å²) >= 11 is 0.883. The van der Waals surface area contributed by atoms with Crippen molar-refractivity contribution in [2.24, 2.45) is 4.99 Å². The van der Waals surface area contributed by atoms with E-state index in [4.69, 9.17) is 5.26 Å². The van der Waals surface area contributed by atoms with Crippen LogP contribution in [0.25, 0.3) is 0 Å². The number of halogens is 4. The van der Waals surface area contributed by atoms with Crippen molar-refractivity contribution in [2.75, 3.05) is 7.05 Å². The Balaban J connectivity index is 1.91. The molecule has 0 saturated heterocycles. The van der Waals surface area contributed by atoms with Gasteiger partial charge in [-0.3, -0.25) is 4.99 Å². The van der Waals surface area contributed by atoms with Gasteiger partial charge in [0.1, 0.15) is 10.8 Å². The number of alkyl halides is 3. The van der Waals surface area contributed by atoms with Gasteiger partial charge in [-0.25, -0.2) is 9.37 Å². The number of guanidine groups is 1. The van der Waals surface area contributed by atoms with Crippen molar-refractivity contribution in [3.8, 4) is 6.07 Å². The fraction of sp³-hybridized carbons (Fsp3) is 0.267. The van der Waals surface area contributed by atoms with Crippen LogP contribution < -0.4 is 10.6 Å². The Kier molecular flexibility index (Phi) is 5.93. The molecule has 0 saturated carbocycles. The smallest absolute Gasteiger partial charge is 0.352 e. The topological polar surface area (TPSA) is 73.1 Å². The second kappa shape index (κ2) is 7.94. The van der Waals surface area contributed by atoms with E-state index < -0.39 is 17.7 Å². The molecule has 0 amide bonds. The second-order valence-corrected chi connectivity index (χ2v) is 5.76. The lowest BCUT2D eigenvalue weighted by Gasteiger charge is -2.11. The van der Waals surface area contributed by atoms with E-state index in [1.165, 1.54) is 19.2 Å². The average molecular weight is 371 g/mol. The summed E-state index contributed by atoms with van der Waals surface area (Å²) in [5, 5.41) is 15.5. The van der Waals surface area contributed by atoms with Crippen LogP contribution in [0.2, 0.25) is 0 Å². The second-order valence-electron chi connectivity index (χ2n) is 4.82. The lowest BCUT2D eigenvalue weighted by molar-refractivity contribution is -0.140. The van der Waals surface area contributed by atoms with Crippen LogP contribution in [-0.2, 0) is 19.3 Å². The molecule has 1 heterocycles. The van der Waals surface area contributed by atoms with Gasteiger partial charge in [0.15, 0.2) is 11.7 Å². The molecule has 2 N–H and O–H groups in total. The molecule has 0 fully saturated rings. The highest BCUT2D eigenvalue weighted by Gasteiger charge is 2.33. The maximum absolute atomic E-state index is 13.8. The van der Waals surface area contributed by atoms with Crippen molar-refractivity contribution in [1.29, 1.82) is 5.26 Å². The summed E-state index contributed by atoms with van der Waals surface area (Å²) in [6, 6.07) is 5.93. The van der Waals surface area contributed by atoms with Gasteiger partial charge in [0.25, 0.3) is 0 Å². The predicted molar refractivity (Wildman–Crippen MR) is 85.3 cm³/mol. The summed E-state index contributed by atoms with van der Waals surface area (Å²) in [6.45, 7) is 0.152. The Labute approximate surface area is 145 Å². The van der Waals surface area contributed by atoms with Crippen molar-refractivity contribution < 1.29 is 17.6 Å². The summed E-state index contributed by atoms with van der Waals surface area (Å²) in [4.78, 5) is 7.41. The van der Waals surface area contributed by atoms with Gasteiger partial charge in [-0.1, -0.05) is 6.07 Å². The largest absolute Gasteiger partial charge is 0.434 e. The van der Waals surface area contributed by atoms with Crippen LogP contribution in [0.5, 0.6) is 0 Å². The highest BCUT2D eigenvalue weighted by atomic mass is 32.1. The van der Waals surface area contributed by atoms with E-state index in [-0.39, 0.29) is 29.6 Å². The number of hydrogen-bond donors (Lipinski definition) is 2. The van der Waals surface area contributed by atoms with Crippen LogP contribution in [-0.4, -0.2) is 18.0 Å². The first-order valence-corrected chi connectivity index (χ1v) is 7.86. The van der Waals surface area contributed by atoms with E-state index in [9.17, 15) is 17.6 Å². The number of nitrogens with one attached hydrogen (secondary N) is 2. The Hall–Kier alpha value is -2.67. The quantitative estimate of drug-likeness (QED) is 0.492. The molecule has 0 aliphatic rings. The van der Waals surface area contributed by atoms with Gasteiger partial charge >= 0.3 is 6.18 Å². The lowest BCUT2D eigenvalue weighted by Crippen LogP contribution is -2.36. The molecule has 2 aromatic rings. The minimum atomic E-state index is -4.47. The van der Waals surface area contributed by atoms with Crippen LogP contribution in [0.3, 0.4) is 0 Å². The average Bonchev–Trinajstić information content (AvgIpc) is 3.05. The third kappa shape index (κ3) is 5.15. The van der Waals surface area contributed by atoms with E-state index in [2.05, 4.69) is 20.6 Å². The maximum atomic E-state index is 13.8. The van der Waals surface area contributed by atoms with E-state index in [0.29, 0.717) is 5.56 Å². The molecule has 0 aliphatic heterocycles. The molecule has 0 bridgehead atoms. The summed E-state index contributed by atoms with van der Waals surface area (Å²) in [5.74, 6) is -0.246. The number of benzene rings is 1. The first-order valence-electron chi connectivity index (χ1n) is 6.98. The van der Waals surface area contributed by atoms with Crippen molar-refractivity contribution in [1.82, 2.24) is 15.6 Å². The summed E-state index contributed by atoms with van der Waals surface area (Å²) in [5.41, 5.74) is -0.388. The summed E-state index contributed by atoms with van der Waals surface area (Å²) in [6.07, 6.45) is -4.47. The zero-order valence-electron chi connectivity index (χ0n) is 13.0. The van der Waals surface area contributed by atoms with Gasteiger partial charge in [-0.05, 0) is 12.1 Å². The van der Waals surface area contributed by atoms with Crippen LogP contribution in [0.4, 0.5) is 17.6 Å². The summed E-state index contributed by atoms with van der Waals surface area (Å²) < 4.78 is 51.3. The Morgan fingerprint density at radius 1 is 1.32 bits per heavy atom. The third-order valence-electron chi connectivity index (χ3n) is 3.10. The molecular formula is C15H13F4N5S. The molecule has 5 nitrogen and oxygen atoms in total. The first-order chi connectivity index (χ1) is 11.8. The Morgan fingerprint density at radius 3 is 2.60 bits per heavy atom. The van der Waals surface area contributed by atoms with Crippen molar-refractivity contribution >= 4 is 17.3 Å². The fourth-order valence-corrected chi connectivity index (χ4v) is 2.58. The fourth-order valence-electron chi connectivity index (χ4n) is 1.84. The van der Waals surface area contributed by atoms with Crippen LogP contribution >= 0.6 is 11.3 Å². The minimum Gasteiger partial charge on any atom is -0.352 e. The van der Waals surface area contributed by atoms with Crippen molar-refractivity contribution in [3.05, 3.63) is 51.2 Å². The van der Waals surface area contributed by atoms with Gasteiger partial charge < -0.3 is 10.6 Å². The molecule has 0 unspecified atom stereocenters. The Bertz CT molecular complexity index is 807. The molecule has 0 radical (unpaired) electrons. The molecule has 1 aromatic carbocycles. The van der Waals surface area contributed by atoms with Crippen molar-refractivity contribution in [2.45, 2.75) is 19.3 Å². The van der Waals surface area contributed by atoms with E-state index >= 15 is 0 Å². The normalized spacial score (nSPS) is 11.9. The standard InChI is InChI=1S/C15H13F4N5S/c1-21-14(22-6-10-3-2-9(5-20)4-11(10)16)23-7-13-24-12(8-25-13)15(17,18)19/h2-4,8H,6-7H2,1H3,(H2,21,22,23). The molecule has 10 heteroatoms. The van der Waals surface area contributed by atoms with E-state index in [1.54, 1.807) is 0 Å². The van der Waals surface area contributed by atoms with Gasteiger partial charge in [-0.15, -0.1) is 11.3 Å². The molecular weight excluding hydrogens is 358 g/mol. The number of aromatic nitrogens is 1. The summed E-state index contributed by atoms with van der Waals surface area (Å²) in [7, 11) is 1.48. The molecule has 1 aromatic heterocycles. The van der Waals surface area contributed by atoms with Gasteiger partial charge in [0, 0.05) is 24.5 Å². The van der Waals surface area contributed by atoms with Gasteiger partial charge in [-0.2, -0.15) is 18.4 Å². The number of nitrogens with zero attached hydrogens (tertiary/aromatic N) is 3. The Morgan fingerprint density at radius 2 is 2.04 bits per heavy atom. The number of rotatable bonds is 4. The molecule has 25 heavy (non-hydrogen) atoms. The van der Waals surface area contributed by atoms with E-state index in [1.807, 2.05) is 6.07 Å². The molecule has 0 atom stereocenters. The molecule has 132 valence electrons. The maximum Gasteiger partial charge on any atom is 0.434 e. The van der Waals surface area contributed by atoms with Gasteiger partial charge in [0.2, 0.25) is 0 Å². The highest BCUT2D eigenvalue weighted by Crippen LogP contribution is 2.29. The third-order valence-corrected chi connectivity index (χ3v) is 3.95. The van der Waals surface area contributed by atoms with Crippen LogP contribution in [0.15, 0.2) is 28.6 Å². The molecule has 0 aliphatic carbocycles. The SMILES string of the molecule is CN=C(NCc1nc(C(F)(F)F)cs1)NCc1ccc(C#N)cc1F. The van der Waals surface area contributed by atoms with E-state index in [0.717, 1.165) is 22.8 Å². The van der Waals surface area contributed by atoms with Gasteiger partial charge in [0.05, 0.1) is 18.2 Å². The zero-order valence-corrected chi connectivity index (χ0v) is 13.8. The first kappa shape index (κ1) is 18.7. The molecule has 0 spiro atoms. The van der Waals surface area contributed by atoms with Crippen LogP contribution in [0.1, 0.15) is 21.8 Å². The number of hydrogen-bond acceptors (Lipinski definition) is 4. The number of thiazole rings is 1. The lowest BCUT2D eigenvalue weighted by atomic mass is 10.1. The number of nitriles is 1. The van der Waals surface area contributed by atoms with Crippen LogP contribution in [0, 0.1) is 17.1 Å². The zero-order chi connectivity index (χ0) is 18.4. The molecule has 2 rings (SSSR count). The van der Waals surface area contributed by atoms with Crippen molar-refractivity contribution in [3.63, 3.8) is 0 Å².